The van der Waals surface area contributed by atoms with Crippen LogP contribution in [0.4, 0.5) is 0 Å². The summed E-state index contributed by atoms with van der Waals surface area (Å²) in [4.78, 5) is 0. The third-order valence-electron chi connectivity index (χ3n) is 4.22. The van der Waals surface area contributed by atoms with Gasteiger partial charge in [-0.1, -0.05) is 46.8 Å². The van der Waals surface area contributed by atoms with Gasteiger partial charge in [0, 0.05) is 17.2 Å². The van der Waals surface area contributed by atoms with Crippen molar-refractivity contribution in [3.63, 3.8) is 0 Å². The predicted octanol–water partition coefficient (Wildman–Crippen LogP) is 4.98. The lowest BCUT2D eigenvalue weighted by Gasteiger charge is -2.20. The van der Waals surface area contributed by atoms with E-state index in [0.29, 0.717) is 5.92 Å². The highest BCUT2D eigenvalue weighted by molar-refractivity contribution is 5.62. The molecule has 1 nitrogen and oxygen atoms in total. The summed E-state index contributed by atoms with van der Waals surface area (Å²) in [7, 11) is 2.16. The molecule has 1 aromatic carbocycles. The van der Waals surface area contributed by atoms with Gasteiger partial charge in [-0.25, -0.2) is 4.57 Å². The van der Waals surface area contributed by atoms with Crippen LogP contribution in [0.2, 0.25) is 0 Å². The lowest BCUT2D eigenvalue weighted by Crippen LogP contribution is -2.31. The average Bonchev–Trinajstić information content (AvgIpc) is 2.38. The second kappa shape index (κ2) is 6.24. The van der Waals surface area contributed by atoms with E-state index in [-0.39, 0.29) is 5.41 Å². The Bertz CT molecular complexity index is 660. The fourth-order valence-electron chi connectivity index (χ4n) is 2.90. The summed E-state index contributed by atoms with van der Waals surface area (Å²) in [6, 6.07) is 11.4. The third kappa shape index (κ3) is 3.76. The van der Waals surface area contributed by atoms with Gasteiger partial charge < -0.3 is 0 Å². The van der Waals surface area contributed by atoms with Gasteiger partial charge in [-0.05, 0) is 47.9 Å². The smallest absolute Gasteiger partial charge is 0.201 e. The van der Waals surface area contributed by atoms with Crippen LogP contribution in [-0.2, 0) is 18.9 Å². The number of hydrogen-bond donors (Lipinski definition) is 0. The Morgan fingerprint density at radius 3 is 2.27 bits per heavy atom. The molecule has 0 atom stereocenters. The number of aryl methyl sites for hydroxylation is 2. The van der Waals surface area contributed by atoms with Crippen molar-refractivity contribution in [3.8, 4) is 11.3 Å². The Kier molecular flexibility index (Phi) is 4.75. The van der Waals surface area contributed by atoms with Crippen LogP contribution < -0.4 is 4.57 Å². The SMILES string of the molecule is Cc1ccc(C(C)(C)C)cc1-c1ccc(CC(C)C)c[n+]1C. The van der Waals surface area contributed by atoms with Gasteiger partial charge >= 0.3 is 0 Å². The van der Waals surface area contributed by atoms with Crippen molar-refractivity contribution in [3.05, 3.63) is 53.2 Å². The maximum atomic E-state index is 2.35. The van der Waals surface area contributed by atoms with Crippen LogP contribution in [0.3, 0.4) is 0 Å². The maximum Gasteiger partial charge on any atom is 0.212 e. The third-order valence-corrected chi connectivity index (χ3v) is 4.22. The van der Waals surface area contributed by atoms with E-state index in [0.717, 1.165) is 6.42 Å². The second-order valence-corrected chi connectivity index (χ2v) is 7.91. The molecule has 0 fully saturated rings. The highest BCUT2D eigenvalue weighted by Gasteiger charge is 2.19. The minimum Gasteiger partial charge on any atom is -0.201 e. The summed E-state index contributed by atoms with van der Waals surface area (Å²) in [6.07, 6.45) is 3.41. The Morgan fingerprint density at radius 1 is 1.05 bits per heavy atom. The van der Waals surface area contributed by atoms with Crippen LogP contribution in [-0.4, -0.2) is 0 Å². The zero-order valence-electron chi connectivity index (χ0n) is 15.2. The van der Waals surface area contributed by atoms with Crippen LogP contribution in [0.15, 0.2) is 36.5 Å². The molecule has 1 heterocycles. The van der Waals surface area contributed by atoms with E-state index in [1.54, 1.807) is 0 Å². The topological polar surface area (TPSA) is 3.88 Å². The van der Waals surface area contributed by atoms with Crippen molar-refractivity contribution in [2.45, 2.75) is 53.4 Å². The van der Waals surface area contributed by atoms with Crippen molar-refractivity contribution in [1.82, 2.24) is 0 Å². The largest absolute Gasteiger partial charge is 0.212 e. The molecule has 0 spiro atoms. The fraction of sp³-hybridized carbons (Fsp3) is 0.476. The Morgan fingerprint density at radius 2 is 1.73 bits per heavy atom. The molecule has 0 radical (unpaired) electrons. The van der Waals surface area contributed by atoms with Gasteiger partial charge in [0.15, 0.2) is 6.20 Å². The molecule has 0 aliphatic heterocycles. The molecule has 0 aliphatic carbocycles. The second-order valence-electron chi connectivity index (χ2n) is 7.91. The number of nitrogens with zero attached hydrogens (tertiary/aromatic N) is 1. The summed E-state index contributed by atoms with van der Waals surface area (Å²) >= 11 is 0. The van der Waals surface area contributed by atoms with Gasteiger partial charge in [-0.3, -0.25) is 0 Å². The van der Waals surface area contributed by atoms with Gasteiger partial charge in [-0.2, -0.15) is 0 Å². The molecule has 2 aromatic rings. The monoisotopic (exact) mass is 296 g/mol. The molecule has 1 heteroatoms. The first kappa shape index (κ1) is 16.7. The average molecular weight is 296 g/mol. The van der Waals surface area contributed by atoms with Gasteiger partial charge in [0.2, 0.25) is 5.69 Å². The molecular weight excluding hydrogens is 266 g/mol. The molecule has 2 rings (SSSR count). The molecule has 1 aromatic heterocycles. The van der Waals surface area contributed by atoms with Crippen LogP contribution in [0.5, 0.6) is 0 Å². The zero-order chi connectivity index (χ0) is 16.5. The summed E-state index contributed by atoms with van der Waals surface area (Å²) in [5.41, 5.74) is 6.94. The predicted molar refractivity (Wildman–Crippen MR) is 95.0 cm³/mol. The normalized spacial score (nSPS) is 12.0. The first-order chi connectivity index (χ1) is 10.2. The number of rotatable bonds is 3. The summed E-state index contributed by atoms with van der Waals surface area (Å²) in [5.74, 6) is 0.691. The van der Waals surface area contributed by atoms with Crippen molar-refractivity contribution in [2.24, 2.45) is 13.0 Å². The van der Waals surface area contributed by atoms with Crippen LogP contribution in [0.25, 0.3) is 11.3 Å². The minimum atomic E-state index is 0.179. The molecule has 0 bridgehead atoms. The highest BCUT2D eigenvalue weighted by Crippen LogP contribution is 2.29. The fourth-order valence-corrected chi connectivity index (χ4v) is 2.90. The van der Waals surface area contributed by atoms with Crippen LogP contribution in [0.1, 0.15) is 51.3 Å². The van der Waals surface area contributed by atoms with Crippen molar-refractivity contribution in [1.29, 1.82) is 0 Å². The van der Waals surface area contributed by atoms with Gasteiger partial charge in [0.05, 0.1) is 0 Å². The van der Waals surface area contributed by atoms with E-state index >= 15 is 0 Å². The molecule has 0 saturated carbocycles. The Labute approximate surface area is 136 Å². The number of pyridine rings is 1. The molecule has 0 amide bonds. The molecular formula is C21H30N+. The van der Waals surface area contributed by atoms with E-state index in [1.807, 2.05) is 0 Å². The molecule has 0 aliphatic rings. The van der Waals surface area contributed by atoms with Gasteiger partial charge in [-0.15, -0.1) is 0 Å². The van der Waals surface area contributed by atoms with Crippen molar-refractivity contribution in [2.75, 3.05) is 0 Å². The van der Waals surface area contributed by atoms with Crippen molar-refractivity contribution >= 4 is 0 Å². The van der Waals surface area contributed by atoms with Crippen LogP contribution in [0, 0.1) is 12.8 Å². The molecule has 22 heavy (non-hydrogen) atoms. The van der Waals surface area contributed by atoms with E-state index < -0.39 is 0 Å². The molecule has 118 valence electrons. The van der Waals surface area contributed by atoms with E-state index in [2.05, 4.69) is 89.7 Å². The zero-order valence-corrected chi connectivity index (χ0v) is 15.2. The van der Waals surface area contributed by atoms with Crippen molar-refractivity contribution < 1.29 is 4.57 Å². The first-order valence-corrected chi connectivity index (χ1v) is 8.28. The highest BCUT2D eigenvalue weighted by atomic mass is 14.9. The van der Waals surface area contributed by atoms with E-state index in [1.165, 1.54) is 27.9 Å². The summed E-state index contributed by atoms with van der Waals surface area (Å²) in [6.45, 7) is 13.5. The maximum absolute atomic E-state index is 2.35. The lowest BCUT2D eigenvalue weighted by atomic mass is 9.85. The van der Waals surface area contributed by atoms with E-state index in [9.17, 15) is 0 Å². The Hall–Kier alpha value is -1.63. The van der Waals surface area contributed by atoms with E-state index in [4.69, 9.17) is 0 Å². The molecule has 0 N–H and O–H groups in total. The number of benzene rings is 1. The van der Waals surface area contributed by atoms with Crippen LogP contribution >= 0.6 is 0 Å². The minimum absolute atomic E-state index is 0.179. The molecule has 0 unspecified atom stereocenters. The summed E-state index contributed by atoms with van der Waals surface area (Å²) < 4.78 is 2.27. The standard InChI is InChI=1S/C21H30N/c1-15(2)12-17-9-11-20(22(7)14-17)19-13-18(21(4,5)6)10-8-16(19)3/h8-11,13-15H,12H2,1-7H3/q+1. The lowest BCUT2D eigenvalue weighted by molar-refractivity contribution is -0.660. The number of aromatic nitrogens is 1. The van der Waals surface area contributed by atoms with Gasteiger partial charge in [0.1, 0.15) is 7.05 Å². The summed E-state index contributed by atoms with van der Waals surface area (Å²) in [5, 5.41) is 0. The first-order valence-electron chi connectivity index (χ1n) is 8.28. The Balaban J connectivity index is 2.48. The molecule has 0 saturated heterocycles. The quantitative estimate of drug-likeness (QED) is 0.703. The number of hydrogen-bond acceptors (Lipinski definition) is 0. The van der Waals surface area contributed by atoms with Gasteiger partial charge in [0.25, 0.3) is 0 Å².